The van der Waals surface area contributed by atoms with Crippen molar-refractivity contribution in [3.63, 3.8) is 0 Å². The van der Waals surface area contributed by atoms with Gasteiger partial charge in [-0.05, 0) is 45.5 Å². The van der Waals surface area contributed by atoms with Gasteiger partial charge in [0.1, 0.15) is 5.69 Å². The number of para-hydroxylation sites is 1. The Hall–Kier alpha value is -2.96. The van der Waals surface area contributed by atoms with Crippen molar-refractivity contribution in [2.75, 3.05) is 7.05 Å². The highest BCUT2D eigenvalue weighted by molar-refractivity contribution is 5.85. The Kier molecular flexibility index (Phi) is 6.70. The minimum Gasteiger partial charge on any atom is -0.334 e. The number of likely N-dealkylation sites (N-methyl/N-ethyl adjacent to an activating group) is 1. The van der Waals surface area contributed by atoms with Gasteiger partial charge >= 0.3 is 0 Å². The van der Waals surface area contributed by atoms with E-state index in [1.54, 1.807) is 0 Å². The van der Waals surface area contributed by atoms with Crippen LogP contribution in [0.15, 0.2) is 59.3 Å². The van der Waals surface area contributed by atoms with Gasteiger partial charge in [-0.2, -0.15) is 10.1 Å². The van der Waals surface area contributed by atoms with Crippen LogP contribution in [-0.4, -0.2) is 33.0 Å². The summed E-state index contributed by atoms with van der Waals surface area (Å²) in [6.45, 7) is 6.28. The van der Waals surface area contributed by atoms with E-state index in [4.69, 9.17) is 9.62 Å². The molecule has 0 saturated carbocycles. The second kappa shape index (κ2) is 9.24. The number of hydrogen-bond donors (Lipinski definition) is 1. The summed E-state index contributed by atoms with van der Waals surface area (Å²) in [5.41, 5.74) is 6.08. The van der Waals surface area contributed by atoms with Crippen LogP contribution < -0.4 is 5.32 Å². The van der Waals surface area contributed by atoms with Gasteiger partial charge < -0.3 is 9.84 Å². The van der Waals surface area contributed by atoms with Gasteiger partial charge in [0.2, 0.25) is 0 Å². The minimum absolute atomic E-state index is 0. The lowest BCUT2D eigenvalue weighted by atomic mass is 10.0. The molecular weight excluding hydrogens is 398 g/mol. The first-order valence-electron chi connectivity index (χ1n) is 9.78. The quantitative estimate of drug-likeness (QED) is 0.483. The fraction of sp³-hybridized carbons (Fsp3) is 0.261. The van der Waals surface area contributed by atoms with Crippen LogP contribution in [0.3, 0.4) is 0 Å². The molecule has 6 nitrogen and oxygen atoms in total. The van der Waals surface area contributed by atoms with E-state index in [1.807, 2.05) is 48.3 Å². The van der Waals surface area contributed by atoms with Crippen LogP contribution in [0.2, 0.25) is 0 Å². The number of benzene rings is 2. The van der Waals surface area contributed by atoms with Crippen molar-refractivity contribution in [1.29, 1.82) is 0 Å². The van der Waals surface area contributed by atoms with Crippen LogP contribution in [0.5, 0.6) is 0 Å². The minimum atomic E-state index is 0. The van der Waals surface area contributed by atoms with E-state index in [2.05, 4.69) is 54.4 Å². The van der Waals surface area contributed by atoms with Crippen LogP contribution in [0, 0.1) is 13.8 Å². The van der Waals surface area contributed by atoms with E-state index >= 15 is 0 Å². The van der Waals surface area contributed by atoms with Crippen LogP contribution >= 0.6 is 12.4 Å². The Balaban J connectivity index is 0.00000256. The number of aromatic nitrogens is 4. The van der Waals surface area contributed by atoms with Crippen molar-refractivity contribution in [2.24, 2.45) is 0 Å². The molecule has 7 heteroatoms. The molecule has 0 aliphatic rings. The zero-order valence-electron chi connectivity index (χ0n) is 17.6. The summed E-state index contributed by atoms with van der Waals surface area (Å²) in [7, 11) is 1.92. The lowest BCUT2D eigenvalue weighted by Gasteiger charge is -2.06. The summed E-state index contributed by atoms with van der Waals surface area (Å²) in [6.07, 6.45) is 2.66. The lowest BCUT2D eigenvalue weighted by molar-refractivity contribution is 0.418. The second-order valence-corrected chi connectivity index (χ2v) is 7.40. The highest BCUT2D eigenvalue weighted by Gasteiger charge is 2.21. The van der Waals surface area contributed by atoms with Crippen LogP contribution in [0.4, 0.5) is 0 Å². The molecule has 2 aromatic carbocycles. The molecule has 0 aliphatic carbocycles. The van der Waals surface area contributed by atoms with E-state index in [1.165, 1.54) is 5.56 Å². The Morgan fingerprint density at radius 3 is 2.53 bits per heavy atom. The number of rotatable bonds is 6. The van der Waals surface area contributed by atoms with E-state index in [-0.39, 0.29) is 18.4 Å². The zero-order chi connectivity index (χ0) is 20.4. The molecule has 4 rings (SSSR count). The number of aryl methyl sites for hydroxylation is 2. The van der Waals surface area contributed by atoms with E-state index in [9.17, 15) is 0 Å². The molecule has 0 fully saturated rings. The molecule has 156 valence electrons. The number of hydrogen-bond acceptors (Lipinski definition) is 5. The summed E-state index contributed by atoms with van der Waals surface area (Å²) in [5.74, 6) is 1.17. The van der Waals surface area contributed by atoms with Gasteiger partial charge in [0.15, 0.2) is 5.82 Å². The van der Waals surface area contributed by atoms with Crippen LogP contribution in [0.1, 0.15) is 23.9 Å². The number of nitrogens with zero attached hydrogens (tertiary/aromatic N) is 4. The largest absolute Gasteiger partial charge is 0.334 e. The molecule has 0 amide bonds. The van der Waals surface area contributed by atoms with Gasteiger partial charge in [0.25, 0.3) is 5.89 Å². The lowest BCUT2D eigenvalue weighted by Crippen LogP contribution is -2.24. The fourth-order valence-corrected chi connectivity index (χ4v) is 3.34. The summed E-state index contributed by atoms with van der Waals surface area (Å²) in [5, 5.41) is 12.3. The third-order valence-electron chi connectivity index (χ3n) is 5.05. The fourth-order valence-electron chi connectivity index (χ4n) is 3.34. The van der Waals surface area contributed by atoms with E-state index in [0.29, 0.717) is 18.1 Å². The molecule has 1 unspecified atom stereocenters. The summed E-state index contributed by atoms with van der Waals surface area (Å²) >= 11 is 0. The van der Waals surface area contributed by atoms with E-state index < -0.39 is 0 Å². The first-order valence-corrected chi connectivity index (χ1v) is 9.78. The summed E-state index contributed by atoms with van der Waals surface area (Å²) < 4.78 is 7.49. The predicted molar refractivity (Wildman–Crippen MR) is 121 cm³/mol. The number of halogens is 1. The molecule has 4 aromatic rings. The molecule has 0 bridgehead atoms. The first kappa shape index (κ1) is 21.7. The molecule has 0 aliphatic heterocycles. The van der Waals surface area contributed by atoms with Crippen molar-refractivity contribution < 1.29 is 4.52 Å². The summed E-state index contributed by atoms with van der Waals surface area (Å²) in [4.78, 5) is 4.64. The molecule has 30 heavy (non-hydrogen) atoms. The van der Waals surface area contributed by atoms with Gasteiger partial charge in [-0.15, -0.1) is 12.4 Å². The third kappa shape index (κ3) is 4.45. The maximum atomic E-state index is 5.63. The summed E-state index contributed by atoms with van der Waals surface area (Å²) in [6, 6.07) is 16.7. The maximum Gasteiger partial charge on any atom is 0.261 e. The molecule has 1 N–H and O–H groups in total. The maximum absolute atomic E-state index is 5.63. The van der Waals surface area contributed by atoms with Crippen LogP contribution in [0.25, 0.3) is 28.4 Å². The van der Waals surface area contributed by atoms with Gasteiger partial charge in [0.05, 0.1) is 11.3 Å². The molecule has 0 spiro atoms. The molecule has 0 radical (unpaired) electrons. The van der Waals surface area contributed by atoms with Crippen molar-refractivity contribution in [3.05, 3.63) is 71.7 Å². The predicted octanol–water partition coefficient (Wildman–Crippen LogP) is 4.78. The molecule has 1 atom stereocenters. The molecule has 2 aromatic heterocycles. The van der Waals surface area contributed by atoms with Crippen molar-refractivity contribution >= 4 is 12.4 Å². The Bertz CT molecular complexity index is 1120. The Labute approximate surface area is 182 Å². The van der Waals surface area contributed by atoms with Gasteiger partial charge in [-0.3, -0.25) is 0 Å². The SMILES string of the molecule is CNC(C)Cc1noc(-c2cn(-c3ccccc3)nc2-c2ccc(C)cc2C)n1.Cl. The average molecular weight is 424 g/mol. The Morgan fingerprint density at radius 1 is 1.07 bits per heavy atom. The third-order valence-corrected chi connectivity index (χ3v) is 5.05. The van der Waals surface area contributed by atoms with Crippen molar-refractivity contribution in [2.45, 2.75) is 33.2 Å². The standard InChI is InChI=1S/C23H25N5O.ClH/c1-15-10-11-19(16(2)12-15)22-20(14-28(26-22)18-8-6-5-7-9-18)23-25-21(27-29-23)13-17(3)24-4;/h5-12,14,17,24H,13H2,1-4H3;1H. The van der Waals surface area contributed by atoms with Crippen LogP contribution in [-0.2, 0) is 6.42 Å². The molecule has 0 saturated heterocycles. The van der Waals surface area contributed by atoms with Gasteiger partial charge in [-0.25, -0.2) is 4.68 Å². The van der Waals surface area contributed by atoms with Crippen molar-refractivity contribution in [3.8, 4) is 28.4 Å². The van der Waals surface area contributed by atoms with E-state index in [0.717, 1.165) is 28.1 Å². The topological polar surface area (TPSA) is 68.8 Å². The Morgan fingerprint density at radius 2 is 1.83 bits per heavy atom. The molecular formula is C23H26ClN5O. The molecule has 2 heterocycles. The smallest absolute Gasteiger partial charge is 0.261 e. The highest BCUT2D eigenvalue weighted by atomic mass is 35.5. The van der Waals surface area contributed by atoms with Gasteiger partial charge in [0, 0.05) is 24.2 Å². The zero-order valence-corrected chi connectivity index (χ0v) is 18.4. The average Bonchev–Trinajstić information content (AvgIpc) is 3.35. The second-order valence-electron chi connectivity index (χ2n) is 7.40. The highest BCUT2D eigenvalue weighted by Crippen LogP contribution is 2.33. The van der Waals surface area contributed by atoms with Crippen molar-refractivity contribution in [1.82, 2.24) is 25.2 Å². The first-order chi connectivity index (χ1) is 14.0. The monoisotopic (exact) mass is 423 g/mol. The van der Waals surface area contributed by atoms with Gasteiger partial charge in [-0.1, -0.05) is 47.1 Å². The number of nitrogens with one attached hydrogen (secondary N) is 1. The normalized spacial score (nSPS) is 11.9.